The molecule has 0 aliphatic carbocycles. The Morgan fingerprint density at radius 1 is 1.73 bits per heavy atom. The predicted octanol–water partition coefficient (Wildman–Crippen LogP) is -0.0439. The van der Waals surface area contributed by atoms with Crippen molar-refractivity contribution in [1.82, 2.24) is 10.2 Å². The molecule has 0 spiro atoms. The highest BCUT2D eigenvalue weighted by atomic mass is 16.2. The number of nitrogens with one attached hydrogen (secondary N) is 1. The first-order valence-corrected chi connectivity index (χ1v) is 5.44. The molecule has 1 fully saturated rings. The van der Waals surface area contributed by atoms with Crippen LogP contribution in [0.15, 0.2) is 12.7 Å². The molecule has 15 heavy (non-hydrogen) atoms. The lowest BCUT2D eigenvalue weighted by Crippen LogP contribution is -2.44. The van der Waals surface area contributed by atoms with Crippen LogP contribution in [0, 0.1) is 5.92 Å². The van der Waals surface area contributed by atoms with Crippen LogP contribution < -0.4 is 11.1 Å². The second-order valence-electron chi connectivity index (χ2n) is 4.30. The smallest absolute Gasteiger partial charge is 0.237 e. The fourth-order valence-corrected chi connectivity index (χ4v) is 1.83. The lowest BCUT2D eigenvalue weighted by Gasteiger charge is -2.22. The number of carbonyl (C=O) groups excluding carboxylic acids is 1. The summed E-state index contributed by atoms with van der Waals surface area (Å²) in [6, 6.07) is 0.0978. The third kappa shape index (κ3) is 3.04. The molecule has 86 valence electrons. The fraction of sp³-hybridized carbons (Fsp3) is 0.727. The van der Waals surface area contributed by atoms with Crippen LogP contribution in [0.3, 0.4) is 0 Å². The van der Waals surface area contributed by atoms with Crippen molar-refractivity contribution < 1.29 is 4.79 Å². The lowest BCUT2D eigenvalue weighted by atomic mass is 10.1. The first-order valence-electron chi connectivity index (χ1n) is 5.44. The highest BCUT2D eigenvalue weighted by molar-refractivity contribution is 5.81. The summed E-state index contributed by atoms with van der Waals surface area (Å²) in [5.41, 5.74) is 5.92. The van der Waals surface area contributed by atoms with Crippen LogP contribution in [0.5, 0.6) is 0 Å². The standard InChI is InChI=1S/C11H21N3O/c1-4-5-13-11(15)9(3)14-6-8(2)10(12)7-14/h4,8-10H,1,5-7,12H2,2-3H3,(H,13,15). The summed E-state index contributed by atoms with van der Waals surface area (Å²) in [6.45, 7) is 9.85. The Bertz CT molecular complexity index is 232. The first-order chi connectivity index (χ1) is 7.06. The van der Waals surface area contributed by atoms with E-state index in [1.54, 1.807) is 6.08 Å². The molecule has 3 atom stereocenters. The monoisotopic (exact) mass is 211 g/mol. The fourth-order valence-electron chi connectivity index (χ4n) is 1.83. The summed E-state index contributed by atoms with van der Waals surface area (Å²) < 4.78 is 0. The molecule has 0 bridgehead atoms. The Kier molecular flexibility index (Phi) is 4.29. The minimum Gasteiger partial charge on any atom is -0.351 e. The Morgan fingerprint density at radius 2 is 2.40 bits per heavy atom. The molecular weight excluding hydrogens is 190 g/mol. The van der Waals surface area contributed by atoms with Gasteiger partial charge in [-0.15, -0.1) is 6.58 Å². The maximum absolute atomic E-state index is 11.7. The quantitative estimate of drug-likeness (QED) is 0.641. The van der Waals surface area contributed by atoms with Gasteiger partial charge in [-0.2, -0.15) is 0 Å². The topological polar surface area (TPSA) is 58.4 Å². The van der Waals surface area contributed by atoms with Gasteiger partial charge in [-0.25, -0.2) is 0 Å². The van der Waals surface area contributed by atoms with E-state index < -0.39 is 0 Å². The summed E-state index contributed by atoms with van der Waals surface area (Å²) in [6.07, 6.45) is 1.68. The van der Waals surface area contributed by atoms with Crippen molar-refractivity contribution in [3.05, 3.63) is 12.7 Å². The van der Waals surface area contributed by atoms with Crippen molar-refractivity contribution in [3.63, 3.8) is 0 Å². The van der Waals surface area contributed by atoms with Gasteiger partial charge in [0.1, 0.15) is 0 Å². The van der Waals surface area contributed by atoms with Crippen LogP contribution >= 0.6 is 0 Å². The number of nitrogens with two attached hydrogens (primary N) is 1. The molecule has 0 aromatic rings. The zero-order valence-corrected chi connectivity index (χ0v) is 9.57. The third-order valence-electron chi connectivity index (χ3n) is 3.05. The molecule has 1 saturated heterocycles. The van der Waals surface area contributed by atoms with Crippen molar-refractivity contribution in [1.29, 1.82) is 0 Å². The maximum atomic E-state index is 11.7. The molecule has 1 rings (SSSR count). The number of hydrogen-bond acceptors (Lipinski definition) is 3. The van der Waals surface area contributed by atoms with E-state index in [2.05, 4.69) is 23.7 Å². The van der Waals surface area contributed by atoms with Gasteiger partial charge in [-0.1, -0.05) is 13.0 Å². The highest BCUT2D eigenvalue weighted by Gasteiger charge is 2.32. The molecule has 1 aliphatic rings. The summed E-state index contributed by atoms with van der Waals surface area (Å²) in [7, 11) is 0. The van der Waals surface area contributed by atoms with E-state index in [0.29, 0.717) is 12.5 Å². The molecular formula is C11H21N3O. The Morgan fingerprint density at radius 3 is 2.87 bits per heavy atom. The summed E-state index contributed by atoms with van der Waals surface area (Å²) in [5.74, 6) is 0.524. The average Bonchev–Trinajstić information content (AvgIpc) is 2.54. The van der Waals surface area contributed by atoms with Gasteiger partial charge < -0.3 is 11.1 Å². The molecule has 4 nitrogen and oxygen atoms in total. The largest absolute Gasteiger partial charge is 0.351 e. The number of hydrogen-bond donors (Lipinski definition) is 2. The Balaban J connectivity index is 2.43. The molecule has 1 heterocycles. The van der Waals surface area contributed by atoms with Gasteiger partial charge in [-0.3, -0.25) is 9.69 Å². The van der Waals surface area contributed by atoms with Crippen LogP contribution in [-0.2, 0) is 4.79 Å². The van der Waals surface area contributed by atoms with E-state index in [4.69, 9.17) is 5.73 Å². The van der Waals surface area contributed by atoms with Crippen molar-refractivity contribution >= 4 is 5.91 Å². The molecule has 1 amide bonds. The zero-order valence-electron chi connectivity index (χ0n) is 9.57. The van der Waals surface area contributed by atoms with Crippen LogP contribution in [-0.4, -0.2) is 42.5 Å². The second-order valence-corrected chi connectivity index (χ2v) is 4.30. The number of rotatable bonds is 4. The normalized spacial score (nSPS) is 28.7. The van der Waals surface area contributed by atoms with E-state index in [0.717, 1.165) is 13.1 Å². The van der Waals surface area contributed by atoms with Crippen LogP contribution in [0.2, 0.25) is 0 Å². The summed E-state index contributed by atoms with van der Waals surface area (Å²) >= 11 is 0. The number of likely N-dealkylation sites (tertiary alicyclic amines) is 1. The molecule has 4 heteroatoms. The zero-order chi connectivity index (χ0) is 11.4. The first kappa shape index (κ1) is 12.2. The van der Waals surface area contributed by atoms with Gasteiger partial charge in [0.15, 0.2) is 0 Å². The molecule has 0 aromatic heterocycles. The van der Waals surface area contributed by atoms with E-state index in [-0.39, 0.29) is 18.0 Å². The number of amides is 1. The molecule has 1 aliphatic heterocycles. The average molecular weight is 211 g/mol. The summed E-state index contributed by atoms with van der Waals surface area (Å²) in [4.78, 5) is 13.8. The molecule has 0 saturated carbocycles. The van der Waals surface area contributed by atoms with Crippen LogP contribution in [0.4, 0.5) is 0 Å². The molecule has 0 aromatic carbocycles. The summed E-state index contributed by atoms with van der Waals surface area (Å²) in [5, 5.41) is 2.80. The van der Waals surface area contributed by atoms with Crippen molar-refractivity contribution in [2.75, 3.05) is 19.6 Å². The van der Waals surface area contributed by atoms with Crippen molar-refractivity contribution in [2.45, 2.75) is 25.9 Å². The number of nitrogens with zero attached hydrogens (tertiary/aromatic N) is 1. The van der Waals surface area contributed by atoms with Gasteiger partial charge >= 0.3 is 0 Å². The van der Waals surface area contributed by atoms with E-state index in [1.807, 2.05) is 6.92 Å². The predicted molar refractivity (Wildman–Crippen MR) is 61.4 cm³/mol. The lowest BCUT2D eigenvalue weighted by molar-refractivity contribution is -0.125. The minimum absolute atomic E-state index is 0.0520. The van der Waals surface area contributed by atoms with Crippen molar-refractivity contribution in [2.24, 2.45) is 11.7 Å². The van der Waals surface area contributed by atoms with E-state index >= 15 is 0 Å². The number of carbonyl (C=O) groups is 1. The van der Waals surface area contributed by atoms with Crippen molar-refractivity contribution in [3.8, 4) is 0 Å². The van der Waals surface area contributed by atoms with Crippen LogP contribution in [0.25, 0.3) is 0 Å². The van der Waals surface area contributed by atoms with Gasteiger partial charge in [0.2, 0.25) is 5.91 Å². The third-order valence-corrected chi connectivity index (χ3v) is 3.05. The van der Waals surface area contributed by atoms with E-state index in [1.165, 1.54) is 0 Å². The van der Waals surface area contributed by atoms with E-state index in [9.17, 15) is 4.79 Å². The molecule has 3 N–H and O–H groups in total. The van der Waals surface area contributed by atoms with Gasteiger partial charge in [-0.05, 0) is 12.8 Å². The van der Waals surface area contributed by atoms with Gasteiger partial charge in [0.05, 0.1) is 6.04 Å². The maximum Gasteiger partial charge on any atom is 0.237 e. The minimum atomic E-state index is -0.0963. The second kappa shape index (κ2) is 5.28. The van der Waals surface area contributed by atoms with Gasteiger partial charge in [0, 0.05) is 25.7 Å². The van der Waals surface area contributed by atoms with Gasteiger partial charge in [0.25, 0.3) is 0 Å². The Hall–Kier alpha value is -0.870. The Labute approximate surface area is 91.5 Å². The highest BCUT2D eigenvalue weighted by Crippen LogP contribution is 2.16. The molecule has 3 unspecified atom stereocenters. The SMILES string of the molecule is C=CCNC(=O)C(C)N1CC(C)C(N)C1. The van der Waals surface area contributed by atoms with Crippen LogP contribution in [0.1, 0.15) is 13.8 Å². The molecule has 0 radical (unpaired) electrons.